The fraction of sp³-hybridized carbons (Fsp3) is 0.909. The Labute approximate surface area is 91.8 Å². The van der Waals surface area contributed by atoms with Crippen molar-refractivity contribution in [3.8, 4) is 0 Å². The second-order valence-electron chi connectivity index (χ2n) is 3.99. The maximum absolute atomic E-state index is 11.6. The minimum atomic E-state index is 0.0428. The minimum Gasteiger partial charge on any atom is -0.385 e. The predicted octanol–water partition coefficient (Wildman–Crippen LogP) is 0.671. The van der Waals surface area contributed by atoms with Gasteiger partial charge >= 0.3 is 0 Å². The van der Waals surface area contributed by atoms with E-state index in [0.717, 1.165) is 45.4 Å². The van der Waals surface area contributed by atoms with Gasteiger partial charge in [-0.15, -0.1) is 0 Å². The highest BCUT2D eigenvalue weighted by molar-refractivity contribution is 5.81. The molecule has 0 spiro atoms. The van der Waals surface area contributed by atoms with E-state index in [9.17, 15) is 4.79 Å². The number of piperidine rings is 1. The van der Waals surface area contributed by atoms with Crippen molar-refractivity contribution in [3.05, 3.63) is 0 Å². The summed E-state index contributed by atoms with van der Waals surface area (Å²) in [4.78, 5) is 11.6. The van der Waals surface area contributed by atoms with Gasteiger partial charge in [0.15, 0.2) is 0 Å². The molecule has 0 aromatic carbocycles. The molecule has 1 atom stereocenters. The smallest absolute Gasteiger partial charge is 0.237 e. The molecule has 0 unspecified atom stereocenters. The third-order valence-corrected chi connectivity index (χ3v) is 2.70. The van der Waals surface area contributed by atoms with E-state index < -0.39 is 0 Å². The standard InChI is InChI=1S/C11H22N2O2/c1-15-9-5-4-8-13-11(14)10-6-2-3-7-12-10/h10,12H,2-9H2,1H3,(H,13,14)/t10-/m0/s1. The van der Waals surface area contributed by atoms with E-state index in [0.29, 0.717) is 0 Å². The molecule has 1 aliphatic heterocycles. The molecule has 0 saturated carbocycles. The van der Waals surface area contributed by atoms with E-state index >= 15 is 0 Å². The molecule has 1 rings (SSSR count). The summed E-state index contributed by atoms with van der Waals surface area (Å²) in [6, 6.07) is 0.0428. The summed E-state index contributed by atoms with van der Waals surface area (Å²) >= 11 is 0. The van der Waals surface area contributed by atoms with E-state index in [2.05, 4.69) is 10.6 Å². The van der Waals surface area contributed by atoms with Crippen LogP contribution in [-0.2, 0) is 9.53 Å². The summed E-state index contributed by atoms with van der Waals surface area (Å²) in [6.45, 7) is 2.51. The average Bonchev–Trinajstić information content (AvgIpc) is 2.30. The van der Waals surface area contributed by atoms with Crippen LogP contribution < -0.4 is 10.6 Å². The Morgan fingerprint density at radius 2 is 2.33 bits per heavy atom. The first-order chi connectivity index (χ1) is 7.34. The van der Waals surface area contributed by atoms with Crippen LogP contribution in [0.2, 0.25) is 0 Å². The van der Waals surface area contributed by atoms with Crippen LogP contribution in [0.4, 0.5) is 0 Å². The first kappa shape index (κ1) is 12.5. The topological polar surface area (TPSA) is 50.4 Å². The lowest BCUT2D eigenvalue weighted by Gasteiger charge is -2.22. The van der Waals surface area contributed by atoms with Crippen LogP contribution in [0.15, 0.2) is 0 Å². The molecule has 0 aromatic rings. The van der Waals surface area contributed by atoms with Crippen LogP contribution in [0.5, 0.6) is 0 Å². The Kier molecular flexibility index (Phi) is 6.36. The van der Waals surface area contributed by atoms with Crippen molar-refractivity contribution in [3.63, 3.8) is 0 Å². The number of amides is 1. The normalized spacial score (nSPS) is 21.3. The molecule has 1 aliphatic rings. The number of unbranched alkanes of at least 4 members (excludes halogenated alkanes) is 1. The molecule has 88 valence electrons. The fourth-order valence-electron chi connectivity index (χ4n) is 1.78. The number of rotatable bonds is 6. The van der Waals surface area contributed by atoms with Crippen molar-refractivity contribution in [1.82, 2.24) is 10.6 Å². The van der Waals surface area contributed by atoms with Crippen molar-refractivity contribution in [1.29, 1.82) is 0 Å². The van der Waals surface area contributed by atoms with Gasteiger partial charge in [-0.1, -0.05) is 6.42 Å². The zero-order valence-corrected chi connectivity index (χ0v) is 9.55. The Hall–Kier alpha value is -0.610. The summed E-state index contributed by atoms with van der Waals surface area (Å²) < 4.78 is 4.94. The largest absolute Gasteiger partial charge is 0.385 e. The highest BCUT2D eigenvalue weighted by atomic mass is 16.5. The van der Waals surface area contributed by atoms with Crippen molar-refractivity contribution in [2.75, 3.05) is 26.8 Å². The van der Waals surface area contributed by atoms with Gasteiger partial charge in [-0.05, 0) is 32.2 Å². The molecule has 0 bridgehead atoms. The lowest BCUT2D eigenvalue weighted by molar-refractivity contribution is -0.123. The van der Waals surface area contributed by atoms with E-state index in [1.165, 1.54) is 6.42 Å². The minimum absolute atomic E-state index is 0.0428. The van der Waals surface area contributed by atoms with E-state index in [4.69, 9.17) is 4.74 Å². The second-order valence-corrected chi connectivity index (χ2v) is 3.99. The van der Waals surface area contributed by atoms with Gasteiger partial charge in [0.25, 0.3) is 0 Å². The Balaban J connectivity index is 2.02. The van der Waals surface area contributed by atoms with Crippen LogP contribution in [0, 0.1) is 0 Å². The molecule has 0 radical (unpaired) electrons. The van der Waals surface area contributed by atoms with Crippen molar-refractivity contribution in [2.45, 2.75) is 38.1 Å². The van der Waals surface area contributed by atoms with E-state index in [1.807, 2.05) is 0 Å². The van der Waals surface area contributed by atoms with Crippen molar-refractivity contribution >= 4 is 5.91 Å². The molecule has 2 N–H and O–H groups in total. The van der Waals surface area contributed by atoms with Gasteiger partial charge in [-0.2, -0.15) is 0 Å². The Morgan fingerprint density at radius 3 is 3.00 bits per heavy atom. The average molecular weight is 214 g/mol. The van der Waals surface area contributed by atoms with Gasteiger partial charge in [0.2, 0.25) is 5.91 Å². The quantitative estimate of drug-likeness (QED) is 0.639. The first-order valence-corrected chi connectivity index (χ1v) is 5.84. The number of ether oxygens (including phenoxy) is 1. The monoisotopic (exact) mass is 214 g/mol. The maximum atomic E-state index is 11.6. The van der Waals surface area contributed by atoms with Gasteiger partial charge in [0, 0.05) is 20.3 Å². The molecule has 4 heteroatoms. The Bertz CT molecular complexity index is 179. The van der Waals surface area contributed by atoms with Crippen LogP contribution in [0.25, 0.3) is 0 Å². The molecular weight excluding hydrogens is 192 g/mol. The summed E-state index contributed by atoms with van der Waals surface area (Å²) in [5.74, 6) is 0.159. The maximum Gasteiger partial charge on any atom is 0.237 e. The molecule has 0 aliphatic carbocycles. The zero-order chi connectivity index (χ0) is 10.9. The molecule has 1 amide bonds. The first-order valence-electron chi connectivity index (χ1n) is 5.84. The van der Waals surface area contributed by atoms with Crippen LogP contribution >= 0.6 is 0 Å². The van der Waals surface area contributed by atoms with Gasteiger partial charge in [0.1, 0.15) is 0 Å². The zero-order valence-electron chi connectivity index (χ0n) is 9.55. The number of carbonyl (C=O) groups is 1. The lowest BCUT2D eigenvalue weighted by atomic mass is 10.0. The highest BCUT2D eigenvalue weighted by Crippen LogP contribution is 2.06. The second kappa shape index (κ2) is 7.65. The number of methoxy groups -OCH3 is 1. The SMILES string of the molecule is COCCCCNC(=O)[C@@H]1CCCCN1. The van der Waals surface area contributed by atoms with Gasteiger partial charge in [0.05, 0.1) is 6.04 Å². The van der Waals surface area contributed by atoms with Crippen LogP contribution in [-0.4, -0.2) is 38.8 Å². The predicted molar refractivity (Wildman–Crippen MR) is 59.8 cm³/mol. The Morgan fingerprint density at radius 1 is 1.47 bits per heavy atom. The molecular formula is C11H22N2O2. The van der Waals surface area contributed by atoms with Crippen LogP contribution in [0.1, 0.15) is 32.1 Å². The molecule has 15 heavy (non-hydrogen) atoms. The van der Waals surface area contributed by atoms with E-state index in [-0.39, 0.29) is 11.9 Å². The molecule has 1 fully saturated rings. The fourth-order valence-corrected chi connectivity index (χ4v) is 1.78. The number of hydrogen-bond donors (Lipinski definition) is 2. The summed E-state index contributed by atoms with van der Waals surface area (Å²) in [7, 11) is 1.70. The number of hydrogen-bond acceptors (Lipinski definition) is 3. The third kappa shape index (κ3) is 5.14. The van der Waals surface area contributed by atoms with Crippen LogP contribution in [0.3, 0.4) is 0 Å². The summed E-state index contributed by atoms with van der Waals surface area (Å²) in [5, 5.41) is 6.19. The van der Waals surface area contributed by atoms with Gasteiger partial charge in [-0.3, -0.25) is 4.79 Å². The van der Waals surface area contributed by atoms with Gasteiger partial charge in [-0.25, -0.2) is 0 Å². The van der Waals surface area contributed by atoms with Crippen molar-refractivity contribution in [2.24, 2.45) is 0 Å². The number of nitrogens with one attached hydrogen (secondary N) is 2. The summed E-state index contributed by atoms with van der Waals surface area (Å²) in [5.41, 5.74) is 0. The van der Waals surface area contributed by atoms with E-state index in [1.54, 1.807) is 7.11 Å². The molecule has 1 saturated heterocycles. The highest BCUT2D eigenvalue weighted by Gasteiger charge is 2.19. The third-order valence-electron chi connectivity index (χ3n) is 2.70. The summed E-state index contributed by atoms with van der Waals surface area (Å²) in [6.07, 6.45) is 5.33. The van der Waals surface area contributed by atoms with Gasteiger partial charge < -0.3 is 15.4 Å². The lowest BCUT2D eigenvalue weighted by Crippen LogP contribution is -2.46. The number of carbonyl (C=O) groups excluding carboxylic acids is 1. The molecule has 4 nitrogen and oxygen atoms in total. The molecule has 0 aromatic heterocycles. The van der Waals surface area contributed by atoms with Crippen molar-refractivity contribution < 1.29 is 9.53 Å². The molecule has 1 heterocycles.